The van der Waals surface area contributed by atoms with Gasteiger partial charge in [0.05, 0.1) is 4.90 Å². The van der Waals surface area contributed by atoms with Crippen molar-refractivity contribution in [2.75, 3.05) is 12.4 Å². The maximum Gasteiger partial charge on any atom is 0.243 e. The van der Waals surface area contributed by atoms with Gasteiger partial charge >= 0.3 is 0 Å². The van der Waals surface area contributed by atoms with Crippen LogP contribution in [0.1, 0.15) is 25.7 Å². The molecule has 1 aromatic rings. The Hall–Kier alpha value is -0.100. The standard InChI is InChI=1S/C13H17BrClNO2S/c14-11-4-3-7-13(10-11)19(17,18)16(9-8-15)12-5-1-2-6-12/h3-4,7,10,12H,1-2,5-6,8-9H2. The SMILES string of the molecule is O=S(=O)(c1cccc(Br)c1)N(CCCl)C1CCCC1. The van der Waals surface area contributed by atoms with Crippen LogP contribution in [0.4, 0.5) is 0 Å². The van der Waals surface area contributed by atoms with Crippen LogP contribution in [0.5, 0.6) is 0 Å². The first kappa shape index (κ1) is 15.3. The molecule has 1 fully saturated rings. The molecule has 2 rings (SSSR count). The summed E-state index contributed by atoms with van der Waals surface area (Å²) in [5.74, 6) is 0.323. The quantitative estimate of drug-likeness (QED) is 0.746. The number of hydrogen-bond donors (Lipinski definition) is 0. The Morgan fingerprint density at radius 3 is 2.58 bits per heavy atom. The Balaban J connectivity index is 2.33. The molecule has 19 heavy (non-hydrogen) atoms. The van der Waals surface area contributed by atoms with E-state index in [2.05, 4.69) is 15.9 Å². The summed E-state index contributed by atoms with van der Waals surface area (Å²) in [7, 11) is -3.45. The minimum atomic E-state index is -3.45. The zero-order chi connectivity index (χ0) is 13.9. The molecule has 1 aliphatic rings. The summed E-state index contributed by atoms with van der Waals surface area (Å²) >= 11 is 9.10. The van der Waals surface area contributed by atoms with Gasteiger partial charge in [-0.15, -0.1) is 11.6 Å². The second-order valence-electron chi connectivity index (χ2n) is 4.70. The highest BCUT2D eigenvalue weighted by Crippen LogP contribution is 2.29. The van der Waals surface area contributed by atoms with Gasteiger partial charge < -0.3 is 0 Å². The van der Waals surface area contributed by atoms with Crippen molar-refractivity contribution in [1.82, 2.24) is 4.31 Å². The zero-order valence-electron chi connectivity index (χ0n) is 10.6. The topological polar surface area (TPSA) is 37.4 Å². The fourth-order valence-corrected chi connectivity index (χ4v) is 5.10. The number of hydrogen-bond acceptors (Lipinski definition) is 2. The lowest BCUT2D eigenvalue weighted by atomic mass is 10.2. The van der Waals surface area contributed by atoms with Crippen molar-refractivity contribution >= 4 is 37.6 Å². The lowest BCUT2D eigenvalue weighted by Gasteiger charge is -2.27. The first-order chi connectivity index (χ1) is 9.05. The smallest absolute Gasteiger partial charge is 0.207 e. The lowest BCUT2D eigenvalue weighted by Crippen LogP contribution is -2.40. The molecule has 0 radical (unpaired) electrons. The van der Waals surface area contributed by atoms with E-state index in [1.165, 1.54) is 0 Å². The van der Waals surface area contributed by atoms with E-state index >= 15 is 0 Å². The lowest BCUT2D eigenvalue weighted by molar-refractivity contribution is 0.337. The number of rotatable bonds is 5. The number of sulfonamides is 1. The van der Waals surface area contributed by atoms with Gasteiger partial charge in [0.15, 0.2) is 0 Å². The maximum atomic E-state index is 12.7. The van der Waals surface area contributed by atoms with Crippen LogP contribution in [0, 0.1) is 0 Å². The van der Waals surface area contributed by atoms with Gasteiger partial charge in [-0.05, 0) is 31.0 Å². The normalized spacial score (nSPS) is 17.2. The molecule has 0 heterocycles. The predicted octanol–water partition coefficient (Wildman–Crippen LogP) is 3.62. The van der Waals surface area contributed by atoms with Gasteiger partial charge in [0.1, 0.15) is 0 Å². The molecule has 0 N–H and O–H groups in total. The molecule has 0 unspecified atom stereocenters. The molecule has 0 aromatic heterocycles. The van der Waals surface area contributed by atoms with Gasteiger partial charge in [-0.3, -0.25) is 0 Å². The minimum Gasteiger partial charge on any atom is -0.207 e. The molecule has 0 amide bonds. The molecule has 0 saturated heterocycles. The van der Waals surface area contributed by atoms with Crippen molar-refractivity contribution in [1.29, 1.82) is 0 Å². The maximum absolute atomic E-state index is 12.7. The first-order valence-corrected chi connectivity index (χ1v) is 9.16. The molecule has 3 nitrogen and oxygen atoms in total. The van der Waals surface area contributed by atoms with Crippen LogP contribution in [0.2, 0.25) is 0 Å². The molecule has 0 spiro atoms. The Kier molecular flexibility index (Phi) is 5.29. The number of nitrogens with zero attached hydrogens (tertiary/aromatic N) is 1. The van der Waals surface area contributed by atoms with Crippen LogP contribution in [-0.4, -0.2) is 31.2 Å². The van der Waals surface area contributed by atoms with Crippen LogP contribution in [0.25, 0.3) is 0 Å². The highest BCUT2D eigenvalue weighted by Gasteiger charge is 2.32. The third-order valence-corrected chi connectivity index (χ3v) is 6.05. The molecule has 0 atom stereocenters. The number of benzene rings is 1. The van der Waals surface area contributed by atoms with Gasteiger partial charge in [0, 0.05) is 22.9 Å². The fourth-order valence-electron chi connectivity index (χ4n) is 2.54. The van der Waals surface area contributed by atoms with Crippen LogP contribution in [-0.2, 0) is 10.0 Å². The van der Waals surface area contributed by atoms with E-state index in [0.29, 0.717) is 17.3 Å². The summed E-state index contributed by atoms with van der Waals surface area (Å²) in [6, 6.07) is 6.94. The summed E-state index contributed by atoms with van der Waals surface area (Å²) in [6.45, 7) is 0.376. The van der Waals surface area contributed by atoms with Crippen LogP contribution in [0.15, 0.2) is 33.6 Å². The van der Waals surface area contributed by atoms with E-state index in [9.17, 15) is 8.42 Å². The molecule has 1 aliphatic carbocycles. The van der Waals surface area contributed by atoms with Crippen molar-refractivity contribution in [3.63, 3.8) is 0 Å². The van der Waals surface area contributed by atoms with Gasteiger partial charge in [0.2, 0.25) is 10.0 Å². The van der Waals surface area contributed by atoms with Crippen LogP contribution >= 0.6 is 27.5 Å². The Morgan fingerprint density at radius 2 is 2.00 bits per heavy atom. The Bertz CT molecular complexity index is 529. The van der Waals surface area contributed by atoms with Crippen molar-refractivity contribution in [2.45, 2.75) is 36.6 Å². The molecular formula is C13H17BrClNO2S. The van der Waals surface area contributed by atoms with E-state index in [1.807, 2.05) is 6.07 Å². The Labute approximate surface area is 128 Å². The molecule has 1 aromatic carbocycles. The summed E-state index contributed by atoms with van der Waals surface area (Å²) in [5, 5.41) is 0. The monoisotopic (exact) mass is 365 g/mol. The molecule has 6 heteroatoms. The van der Waals surface area contributed by atoms with Crippen molar-refractivity contribution in [3.8, 4) is 0 Å². The third-order valence-electron chi connectivity index (χ3n) is 3.44. The van der Waals surface area contributed by atoms with E-state index in [0.717, 1.165) is 30.2 Å². The predicted molar refractivity (Wildman–Crippen MR) is 81.0 cm³/mol. The molecule has 106 valence electrons. The average molecular weight is 367 g/mol. The summed E-state index contributed by atoms with van der Waals surface area (Å²) in [5.41, 5.74) is 0. The fraction of sp³-hybridized carbons (Fsp3) is 0.538. The highest BCUT2D eigenvalue weighted by atomic mass is 79.9. The van der Waals surface area contributed by atoms with Crippen molar-refractivity contribution in [2.24, 2.45) is 0 Å². The second-order valence-corrected chi connectivity index (χ2v) is 7.88. The second kappa shape index (κ2) is 6.57. The molecule has 0 bridgehead atoms. The van der Waals surface area contributed by atoms with Gasteiger partial charge in [-0.2, -0.15) is 4.31 Å². The van der Waals surface area contributed by atoms with Gasteiger partial charge in [0.25, 0.3) is 0 Å². The molecular weight excluding hydrogens is 350 g/mol. The summed E-state index contributed by atoms with van der Waals surface area (Å²) in [4.78, 5) is 0.332. The largest absolute Gasteiger partial charge is 0.243 e. The average Bonchev–Trinajstić information content (AvgIpc) is 2.89. The van der Waals surface area contributed by atoms with Crippen molar-refractivity contribution in [3.05, 3.63) is 28.7 Å². The van der Waals surface area contributed by atoms with Crippen LogP contribution in [0.3, 0.4) is 0 Å². The molecule has 0 aliphatic heterocycles. The Morgan fingerprint density at radius 1 is 1.32 bits per heavy atom. The van der Waals surface area contributed by atoms with E-state index in [-0.39, 0.29) is 6.04 Å². The van der Waals surface area contributed by atoms with E-state index in [4.69, 9.17) is 11.6 Å². The van der Waals surface area contributed by atoms with Gasteiger partial charge in [-0.1, -0.05) is 34.8 Å². The van der Waals surface area contributed by atoms with Gasteiger partial charge in [-0.25, -0.2) is 8.42 Å². The number of alkyl halides is 1. The van der Waals surface area contributed by atoms with Crippen molar-refractivity contribution < 1.29 is 8.42 Å². The van der Waals surface area contributed by atoms with E-state index < -0.39 is 10.0 Å². The third kappa shape index (κ3) is 3.51. The minimum absolute atomic E-state index is 0.0998. The zero-order valence-corrected chi connectivity index (χ0v) is 13.7. The van der Waals surface area contributed by atoms with E-state index in [1.54, 1.807) is 22.5 Å². The molecule has 1 saturated carbocycles. The first-order valence-electron chi connectivity index (χ1n) is 6.39. The summed E-state index contributed by atoms with van der Waals surface area (Å²) < 4.78 is 27.8. The van der Waals surface area contributed by atoms with Crippen LogP contribution < -0.4 is 0 Å². The number of halogens is 2. The summed E-state index contributed by atoms with van der Waals surface area (Å²) in [6.07, 6.45) is 4.06. The highest BCUT2D eigenvalue weighted by molar-refractivity contribution is 9.10.